The van der Waals surface area contributed by atoms with Crippen LogP contribution in [0, 0.1) is 0 Å². The van der Waals surface area contributed by atoms with Crippen molar-refractivity contribution in [2.45, 2.75) is 37.8 Å². The summed E-state index contributed by atoms with van der Waals surface area (Å²) >= 11 is 0. The molecule has 0 saturated carbocycles. The van der Waals surface area contributed by atoms with Gasteiger partial charge in [0.15, 0.2) is 0 Å². The molecule has 0 bridgehead atoms. The molecule has 0 unspecified atom stereocenters. The normalized spacial score (nSPS) is 11.4. The lowest BCUT2D eigenvalue weighted by molar-refractivity contribution is -0.141. The molecule has 0 aromatic carbocycles. The van der Waals surface area contributed by atoms with E-state index < -0.39 is 36.0 Å². The van der Waals surface area contributed by atoms with Crippen LogP contribution in [0.3, 0.4) is 0 Å². The van der Waals surface area contributed by atoms with E-state index in [-0.39, 0.29) is 50.5 Å². The maximum absolute atomic E-state index is 9.99. The molecule has 22 heavy (non-hydrogen) atoms. The number of hydrogen-bond acceptors (Lipinski definition) is 6. The average molecular weight is 367 g/mol. The van der Waals surface area contributed by atoms with E-state index in [1.165, 1.54) is 0 Å². The molecule has 12 heteroatoms. The van der Waals surface area contributed by atoms with Gasteiger partial charge in [0.2, 0.25) is 0 Å². The van der Waals surface area contributed by atoms with Crippen LogP contribution < -0.4 is 11.5 Å². The Balaban J connectivity index is -0.000000135. The standard InChI is InChI=1S/2C5H9NO4.2ClH/c2*6-3(5(9)10)1-2-4(7)8;;/h2*3H,1-2,6H2,(H,7,8)(H,9,10);2*1H/t2*3-;;/m10../s1. The van der Waals surface area contributed by atoms with Gasteiger partial charge in [0, 0.05) is 12.8 Å². The Kier molecular flexibility index (Phi) is 20.4. The van der Waals surface area contributed by atoms with E-state index in [1.54, 1.807) is 0 Å². The lowest BCUT2D eigenvalue weighted by Gasteiger charge is -2.01. The Morgan fingerprint density at radius 1 is 0.682 bits per heavy atom. The zero-order valence-electron chi connectivity index (χ0n) is 11.4. The highest BCUT2D eigenvalue weighted by Gasteiger charge is 2.12. The summed E-state index contributed by atoms with van der Waals surface area (Å²) < 4.78 is 0. The van der Waals surface area contributed by atoms with Gasteiger partial charge >= 0.3 is 23.9 Å². The summed E-state index contributed by atoms with van der Waals surface area (Å²) in [5, 5.41) is 32.5. The summed E-state index contributed by atoms with van der Waals surface area (Å²) in [6, 6.07) is -2.12. The van der Waals surface area contributed by atoms with Gasteiger partial charge < -0.3 is 31.9 Å². The molecule has 0 rings (SSSR count). The van der Waals surface area contributed by atoms with Crippen molar-refractivity contribution in [2.75, 3.05) is 0 Å². The number of hydrogen-bond donors (Lipinski definition) is 6. The van der Waals surface area contributed by atoms with Crippen LogP contribution in [0.2, 0.25) is 0 Å². The van der Waals surface area contributed by atoms with E-state index in [0.717, 1.165) is 0 Å². The summed E-state index contributed by atoms with van der Waals surface area (Å²) in [5.41, 5.74) is 10.0. The summed E-state index contributed by atoms with van der Waals surface area (Å²) in [5.74, 6) is -4.39. The first-order chi connectivity index (χ1) is 9.07. The van der Waals surface area contributed by atoms with Gasteiger partial charge in [-0.15, -0.1) is 24.8 Å². The Bertz CT molecular complexity index is 333. The van der Waals surface area contributed by atoms with Gasteiger partial charge in [-0.25, -0.2) is 0 Å². The first kappa shape index (κ1) is 28.5. The fourth-order valence-electron chi connectivity index (χ4n) is 0.805. The lowest BCUT2D eigenvalue weighted by Crippen LogP contribution is -2.30. The predicted molar refractivity (Wildman–Crippen MR) is 79.5 cm³/mol. The van der Waals surface area contributed by atoms with E-state index in [4.69, 9.17) is 31.9 Å². The summed E-state index contributed by atoms with van der Waals surface area (Å²) in [7, 11) is 0. The Morgan fingerprint density at radius 2 is 0.909 bits per heavy atom. The molecule has 0 aliphatic carbocycles. The molecular weight excluding hydrogens is 347 g/mol. The maximum atomic E-state index is 9.99. The third-order valence-electron chi connectivity index (χ3n) is 1.97. The minimum atomic E-state index is -1.17. The topological polar surface area (TPSA) is 201 Å². The first-order valence-electron chi connectivity index (χ1n) is 5.48. The SMILES string of the molecule is Cl.Cl.N[C@@H](CCC(=O)O)C(=O)O.N[C@H](CCC(=O)O)C(=O)O. The van der Waals surface area contributed by atoms with Crippen LogP contribution in [0.25, 0.3) is 0 Å². The van der Waals surface area contributed by atoms with Crippen molar-refractivity contribution in [3.8, 4) is 0 Å². The lowest BCUT2D eigenvalue weighted by atomic mass is 10.2. The highest BCUT2D eigenvalue weighted by Crippen LogP contribution is 1.94. The van der Waals surface area contributed by atoms with Gasteiger partial charge in [-0.2, -0.15) is 0 Å². The first-order valence-corrected chi connectivity index (χ1v) is 5.48. The van der Waals surface area contributed by atoms with Crippen LogP contribution in [0.1, 0.15) is 25.7 Å². The van der Waals surface area contributed by atoms with E-state index in [0.29, 0.717) is 0 Å². The fourth-order valence-corrected chi connectivity index (χ4v) is 0.805. The van der Waals surface area contributed by atoms with Crippen LogP contribution in [-0.4, -0.2) is 56.4 Å². The summed E-state index contributed by atoms with van der Waals surface area (Å²) in [6.45, 7) is 0. The number of halogens is 2. The molecule has 0 amide bonds. The minimum absolute atomic E-state index is 0. The Hall–Kier alpha value is -1.62. The van der Waals surface area contributed by atoms with Crippen LogP contribution in [0.4, 0.5) is 0 Å². The van der Waals surface area contributed by atoms with Crippen LogP contribution >= 0.6 is 24.8 Å². The van der Waals surface area contributed by atoms with Gasteiger partial charge in [-0.3, -0.25) is 19.2 Å². The molecule has 0 aromatic rings. The Labute approximate surface area is 138 Å². The molecule has 2 atom stereocenters. The summed E-state index contributed by atoms with van der Waals surface area (Å²) in [6.07, 6.45) is -0.448. The molecule has 0 fully saturated rings. The highest BCUT2D eigenvalue weighted by atomic mass is 35.5. The fraction of sp³-hybridized carbons (Fsp3) is 0.600. The van der Waals surface area contributed by atoms with Crippen LogP contribution in [0.5, 0.6) is 0 Å². The minimum Gasteiger partial charge on any atom is -0.481 e. The zero-order chi connectivity index (χ0) is 16.3. The van der Waals surface area contributed by atoms with E-state index in [9.17, 15) is 19.2 Å². The van der Waals surface area contributed by atoms with Gasteiger partial charge in [0.1, 0.15) is 12.1 Å². The Morgan fingerprint density at radius 3 is 1.05 bits per heavy atom. The van der Waals surface area contributed by atoms with Crippen molar-refractivity contribution in [1.82, 2.24) is 0 Å². The van der Waals surface area contributed by atoms with Crippen molar-refractivity contribution in [2.24, 2.45) is 11.5 Å². The average Bonchev–Trinajstić information content (AvgIpc) is 2.33. The molecule has 8 N–H and O–H groups in total. The van der Waals surface area contributed by atoms with E-state index >= 15 is 0 Å². The number of aliphatic carboxylic acids is 4. The predicted octanol–water partition coefficient (Wildman–Crippen LogP) is -0.630. The molecule has 0 aliphatic heterocycles. The molecule has 0 aromatic heterocycles. The van der Waals surface area contributed by atoms with Gasteiger partial charge in [-0.1, -0.05) is 0 Å². The number of nitrogens with two attached hydrogens (primary N) is 2. The molecule has 0 heterocycles. The van der Waals surface area contributed by atoms with Crippen LogP contribution in [0.15, 0.2) is 0 Å². The molecule has 0 spiro atoms. The van der Waals surface area contributed by atoms with Crippen molar-refractivity contribution < 1.29 is 39.6 Å². The second-order valence-electron chi connectivity index (χ2n) is 3.75. The maximum Gasteiger partial charge on any atom is 0.320 e. The quantitative estimate of drug-likeness (QED) is 0.321. The van der Waals surface area contributed by atoms with Crippen molar-refractivity contribution in [3.63, 3.8) is 0 Å². The monoisotopic (exact) mass is 366 g/mol. The number of carboxylic acids is 4. The molecular formula is C10H20Cl2N2O8. The zero-order valence-corrected chi connectivity index (χ0v) is 13.0. The van der Waals surface area contributed by atoms with Crippen LogP contribution in [-0.2, 0) is 19.2 Å². The highest BCUT2D eigenvalue weighted by molar-refractivity contribution is 5.85. The molecule has 0 aliphatic rings. The number of carboxylic acid groups (broad SMARTS) is 4. The molecule has 10 nitrogen and oxygen atoms in total. The van der Waals surface area contributed by atoms with E-state index in [2.05, 4.69) is 0 Å². The van der Waals surface area contributed by atoms with Gasteiger partial charge in [0.25, 0.3) is 0 Å². The van der Waals surface area contributed by atoms with Gasteiger partial charge in [-0.05, 0) is 12.8 Å². The smallest absolute Gasteiger partial charge is 0.320 e. The van der Waals surface area contributed by atoms with Crippen molar-refractivity contribution >= 4 is 48.7 Å². The second-order valence-corrected chi connectivity index (χ2v) is 3.75. The number of rotatable bonds is 8. The number of carbonyl (C=O) groups is 4. The summed E-state index contributed by atoms with van der Waals surface area (Å²) in [4.78, 5) is 39.7. The van der Waals surface area contributed by atoms with Crippen molar-refractivity contribution in [3.05, 3.63) is 0 Å². The second kappa shape index (κ2) is 15.8. The third-order valence-corrected chi connectivity index (χ3v) is 1.97. The third kappa shape index (κ3) is 20.7. The van der Waals surface area contributed by atoms with E-state index in [1.807, 2.05) is 0 Å². The molecule has 0 saturated heterocycles. The van der Waals surface area contributed by atoms with Gasteiger partial charge in [0.05, 0.1) is 0 Å². The molecule has 132 valence electrons. The van der Waals surface area contributed by atoms with Crippen molar-refractivity contribution in [1.29, 1.82) is 0 Å². The molecule has 0 radical (unpaired) electrons. The largest absolute Gasteiger partial charge is 0.481 e.